The molecule has 0 saturated carbocycles. The maximum atomic E-state index is 13.6. The Labute approximate surface area is 364 Å². The molecule has 3 N–H and O–H groups in total. The fraction of sp³-hybridized carbons (Fsp3) is 0.488. The summed E-state index contributed by atoms with van der Waals surface area (Å²) < 4.78 is 49.7. The van der Waals surface area contributed by atoms with Crippen molar-refractivity contribution >= 4 is 47.6 Å². The average Bonchev–Trinajstić information content (AvgIpc) is 3.24. The Morgan fingerprint density at radius 3 is 2.14 bits per heavy atom. The molecule has 0 radical (unpaired) electrons. The molecule has 2 aromatic rings. The van der Waals surface area contributed by atoms with Crippen LogP contribution in [0.2, 0.25) is 0 Å². The van der Waals surface area contributed by atoms with E-state index in [9.17, 15) is 38.4 Å². The van der Waals surface area contributed by atoms with Crippen LogP contribution in [0.4, 0.5) is 0 Å². The first kappa shape index (κ1) is 51.0. The Balaban J connectivity index is 1.99. The number of esters is 5. The molecule has 20 heteroatoms. The van der Waals surface area contributed by atoms with Crippen molar-refractivity contribution < 1.29 is 81.0 Å². The summed E-state index contributed by atoms with van der Waals surface area (Å²) in [6.45, 7) is 2.70. The van der Waals surface area contributed by atoms with Gasteiger partial charge in [0.2, 0.25) is 5.91 Å². The number of hydrogen-bond acceptors (Lipinski definition) is 17. The van der Waals surface area contributed by atoms with Gasteiger partial charge in [-0.05, 0) is 28.8 Å². The smallest absolute Gasteiger partial charge is 0.366 e. The number of hydrogen-bond donors (Lipinski definition) is 3. The van der Waals surface area contributed by atoms with Crippen LogP contribution in [-0.4, -0.2) is 144 Å². The fourth-order valence-electron chi connectivity index (χ4n) is 6.42. The second-order valence-electron chi connectivity index (χ2n) is 13.8. The van der Waals surface area contributed by atoms with Gasteiger partial charge in [0.25, 0.3) is 17.6 Å². The highest BCUT2D eigenvalue weighted by molar-refractivity contribution is 5.95. The lowest BCUT2D eigenvalue weighted by Gasteiger charge is -2.48. The van der Waals surface area contributed by atoms with E-state index < -0.39 is 97.5 Å². The van der Waals surface area contributed by atoms with Gasteiger partial charge in [0.15, 0.2) is 18.8 Å². The summed E-state index contributed by atoms with van der Waals surface area (Å²) in [6.07, 6.45) is -2.28. The van der Waals surface area contributed by atoms with Crippen molar-refractivity contribution in [3.8, 4) is 23.5 Å². The van der Waals surface area contributed by atoms with Gasteiger partial charge in [0.05, 0.1) is 59.0 Å². The topological polar surface area (TPSA) is 256 Å². The molecule has 0 aromatic heterocycles. The van der Waals surface area contributed by atoms with Crippen LogP contribution >= 0.6 is 0 Å². The van der Waals surface area contributed by atoms with Gasteiger partial charge in [-0.1, -0.05) is 42.3 Å². The van der Waals surface area contributed by atoms with E-state index in [0.717, 1.165) is 45.9 Å². The Morgan fingerprint density at radius 1 is 0.841 bits per heavy atom. The highest BCUT2D eigenvalue weighted by Gasteiger charge is 2.59. The third kappa shape index (κ3) is 16.4. The summed E-state index contributed by atoms with van der Waals surface area (Å²) in [5.74, 6) is -6.55. The molecule has 1 heterocycles. The molecule has 20 nitrogen and oxygen atoms in total. The van der Waals surface area contributed by atoms with E-state index in [1.807, 2.05) is 6.07 Å². The highest BCUT2D eigenvalue weighted by atomic mass is 16.7. The van der Waals surface area contributed by atoms with Crippen LogP contribution in [0, 0.1) is 12.3 Å². The molecule has 0 aliphatic carbocycles. The molecule has 63 heavy (non-hydrogen) atoms. The van der Waals surface area contributed by atoms with Gasteiger partial charge in [-0.2, -0.15) is 0 Å². The molecule has 3 rings (SSSR count). The Kier molecular flexibility index (Phi) is 20.6. The number of nitrogens with one attached hydrogen (secondary N) is 3. The molecule has 1 aliphatic heterocycles. The van der Waals surface area contributed by atoms with Crippen LogP contribution in [-0.2, 0) is 82.6 Å². The molecule has 0 spiro atoms. The van der Waals surface area contributed by atoms with Crippen molar-refractivity contribution in [3.05, 3.63) is 59.7 Å². The molecule has 6 atom stereocenters. The first-order chi connectivity index (χ1) is 30.0. The van der Waals surface area contributed by atoms with E-state index in [4.69, 9.17) is 49.1 Å². The second-order valence-corrected chi connectivity index (χ2v) is 13.8. The Bertz CT molecular complexity index is 1970. The van der Waals surface area contributed by atoms with Gasteiger partial charge >= 0.3 is 29.8 Å². The zero-order chi connectivity index (χ0) is 46.5. The molecule has 0 bridgehead atoms. The van der Waals surface area contributed by atoms with Crippen LogP contribution in [0.3, 0.4) is 0 Å². The lowest BCUT2D eigenvalue weighted by molar-refractivity contribution is -0.315. The normalized spacial score (nSPS) is 18.8. The number of carbonyl (C=O) groups is 8. The Morgan fingerprint density at radius 2 is 1.52 bits per heavy atom. The number of benzene rings is 2. The van der Waals surface area contributed by atoms with Crippen LogP contribution in [0.1, 0.15) is 50.0 Å². The maximum Gasteiger partial charge on any atom is 0.366 e. The van der Waals surface area contributed by atoms with Crippen LogP contribution < -0.4 is 16.0 Å². The average molecular weight is 884 g/mol. The number of carbonyl (C=O) groups excluding carboxylic acids is 8. The molecule has 2 aromatic carbocycles. The zero-order valence-electron chi connectivity index (χ0n) is 35.9. The SMILES string of the molecule is C#CCOCCOCCO[C@]1(C(=O)OC)C[C@H](OC(C)=O)[C@@H](NC(=O)COC(C)=O)[C@H]([C@H](OC(C)=O)[C@@H](CNC(=O)Cc2ccc(-c3cccc(C(=O)NC)c3)cc2)OC(C)=O)O1. The van der Waals surface area contributed by atoms with Gasteiger partial charge in [-0.25, -0.2) is 4.79 Å². The minimum Gasteiger partial charge on any atom is -0.465 e. The molecule has 3 amide bonds. The summed E-state index contributed by atoms with van der Waals surface area (Å²) in [6, 6.07) is 12.4. The van der Waals surface area contributed by atoms with Gasteiger partial charge < -0.3 is 58.6 Å². The van der Waals surface area contributed by atoms with E-state index in [1.165, 1.54) is 7.05 Å². The van der Waals surface area contributed by atoms with Crippen LogP contribution in [0.5, 0.6) is 0 Å². The number of amides is 3. The summed E-state index contributed by atoms with van der Waals surface area (Å²) in [4.78, 5) is 102. The van der Waals surface area contributed by atoms with Gasteiger partial charge in [0.1, 0.15) is 18.8 Å². The molecule has 0 unspecified atom stereocenters. The molecule has 1 aliphatic rings. The highest BCUT2D eigenvalue weighted by Crippen LogP contribution is 2.37. The standard InChI is InChI=1S/C43H53N3O17/c1-8-16-56-17-18-57-19-20-59-43(42(54)55-7)23-34(60-27(3)48)38(46-37(52)25-58-26(2)47)40(63-43)39(62-29(5)50)35(61-28(4)49)24-45-36(51)21-30-12-14-31(15-13-30)32-10-9-11-33(22-32)41(53)44-6/h1,9-15,22,34-35,38-40H,16-21,23-25H2,2-7H3,(H,44,53)(H,45,51)(H,46,52)/t34-,35+,38+,39+,40+,43+/m0/s1. The lowest BCUT2D eigenvalue weighted by atomic mass is 9.87. The van der Waals surface area contributed by atoms with Gasteiger partial charge in [-0.15, -0.1) is 6.42 Å². The monoisotopic (exact) mass is 883 g/mol. The first-order valence-corrected chi connectivity index (χ1v) is 19.6. The maximum absolute atomic E-state index is 13.6. The third-order valence-corrected chi connectivity index (χ3v) is 9.03. The van der Waals surface area contributed by atoms with Crippen LogP contribution in [0.15, 0.2) is 48.5 Å². The summed E-state index contributed by atoms with van der Waals surface area (Å²) >= 11 is 0. The molecule has 342 valence electrons. The van der Waals surface area contributed by atoms with Crippen molar-refractivity contribution in [1.29, 1.82) is 0 Å². The first-order valence-electron chi connectivity index (χ1n) is 19.6. The van der Waals surface area contributed by atoms with Crippen molar-refractivity contribution in [2.75, 3.05) is 60.3 Å². The van der Waals surface area contributed by atoms with Crippen molar-refractivity contribution in [2.45, 2.75) is 76.8 Å². The van der Waals surface area contributed by atoms with E-state index in [2.05, 4.69) is 21.9 Å². The summed E-state index contributed by atoms with van der Waals surface area (Å²) in [5, 5.41) is 7.78. The van der Waals surface area contributed by atoms with Crippen molar-refractivity contribution in [1.82, 2.24) is 16.0 Å². The number of methoxy groups -OCH3 is 1. The number of rotatable bonds is 23. The van der Waals surface area contributed by atoms with E-state index in [0.29, 0.717) is 11.1 Å². The molecular weight excluding hydrogens is 830 g/mol. The molecule has 1 saturated heterocycles. The molecular formula is C43H53N3O17. The zero-order valence-corrected chi connectivity index (χ0v) is 35.9. The van der Waals surface area contributed by atoms with Gasteiger partial charge in [0, 0.05) is 40.3 Å². The largest absolute Gasteiger partial charge is 0.465 e. The minimum absolute atomic E-state index is 0.0606. The van der Waals surface area contributed by atoms with E-state index in [1.54, 1.807) is 42.5 Å². The van der Waals surface area contributed by atoms with Crippen molar-refractivity contribution in [3.63, 3.8) is 0 Å². The van der Waals surface area contributed by atoms with Gasteiger partial charge in [-0.3, -0.25) is 33.6 Å². The summed E-state index contributed by atoms with van der Waals surface area (Å²) in [5.41, 5.74) is 2.60. The van der Waals surface area contributed by atoms with Crippen LogP contribution in [0.25, 0.3) is 11.1 Å². The predicted molar refractivity (Wildman–Crippen MR) is 218 cm³/mol. The quantitative estimate of drug-likeness (QED) is 0.0596. The van der Waals surface area contributed by atoms with Crippen molar-refractivity contribution in [2.24, 2.45) is 0 Å². The second kappa shape index (κ2) is 25.5. The molecule has 1 fully saturated rings. The predicted octanol–water partition coefficient (Wildman–Crippen LogP) is 0.556. The number of ether oxygens (including phenoxy) is 9. The minimum atomic E-state index is -2.45. The fourth-order valence-corrected chi connectivity index (χ4v) is 6.42. The third-order valence-electron chi connectivity index (χ3n) is 9.03. The van der Waals surface area contributed by atoms with E-state index >= 15 is 0 Å². The Hall–Kier alpha value is -6.40. The van der Waals surface area contributed by atoms with E-state index in [-0.39, 0.29) is 45.4 Å². The lowest BCUT2D eigenvalue weighted by Crippen LogP contribution is -2.70. The summed E-state index contributed by atoms with van der Waals surface area (Å²) in [7, 11) is 2.56. The number of terminal acetylenes is 1.